The van der Waals surface area contributed by atoms with Crippen molar-refractivity contribution in [3.63, 3.8) is 0 Å². The summed E-state index contributed by atoms with van der Waals surface area (Å²) in [5.74, 6) is 0.599. The highest BCUT2D eigenvalue weighted by molar-refractivity contribution is 6.19. The molecule has 0 saturated heterocycles. The van der Waals surface area contributed by atoms with Gasteiger partial charge in [0.05, 0.1) is 25.3 Å². The van der Waals surface area contributed by atoms with Crippen LogP contribution in [0.5, 0.6) is 11.5 Å². The zero-order valence-electron chi connectivity index (χ0n) is 17.3. The maximum atomic E-state index is 12.7. The van der Waals surface area contributed by atoms with Crippen LogP contribution >= 0.6 is 0 Å². The van der Waals surface area contributed by atoms with Gasteiger partial charge in [0.1, 0.15) is 11.5 Å². The van der Waals surface area contributed by atoms with E-state index >= 15 is 0 Å². The molecule has 0 spiro atoms. The first-order valence-electron chi connectivity index (χ1n) is 10.4. The summed E-state index contributed by atoms with van der Waals surface area (Å²) in [6, 6.07) is 12.2. The van der Waals surface area contributed by atoms with Gasteiger partial charge in [0.25, 0.3) is 0 Å². The lowest BCUT2D eigenvalue weighted by molar-refractivity contribution is 0.0443. The van der Waals surface area contributed by atoms with Gasteiger partial charge in [-0.25, -0.2) is 9.59 Å². The number of hydrogen-bond acceptors (Lipinski definition) is 5. The Morgan fingerprint density at radius 1 is 0.645 bits per heavy atom. The second-order valence-electron chi connectivity index (χ2n) is 8.18. The summed E-state index contributed by atoms with van der Waals surface area (Å²) in [5.41, 5.74) is 9.45. The molecule has 31 heavy (non-hydrogen) atoms. The molecule has 5 nitrogen and oxygen atoms in total. The van der Waals surface area contributed by atoms with Crippen molar-refractivity contribution in [2.24, 2.45) is 0 Å². The third kappa shape index (κ3) is 2.43. The van der Waals surface area contributed by atoms with E-state index in [2.05, 4.69) is 24.3 Å². The van der Waals surface area contributed by atoms with Crippen LogP contribution in [-0.4, -0.2) is 26.2 Å². The summed E-state index contributed by atoms with van der Waals surface area (Å²) in [7, 11) is 3.33. The Morgan fingerprint density at radius 2 is 1.10 bits per heavy atom. The number of methoxy groups -OCH3 is 2. The molecule has 2 aliphatic carbocycles. The van der Waals surface area contributed by atoms with Crippen molar-refractivity contribution in [1.82, 2.24) is 0 Å². The van der Waals surface area contributed by atoms with Crippen LogP contribution in [-0.2, 0) is 30.4 Å². The fourth-order valence-electron chi connectivity index (χ4n) is 5.40. The van der Waals surface area contributed by atoms with Gasteiger partial charge in [0.2, 0.25) is 0 Å². The van der Waals surface area contributed by atoms with Crippen molar-refractivity contribution < 1.29 is 23.8 Å². The van der Waals surface area contributed by atoms with Gasteiger partial charge in [0.15, 0.2) is 0 Å². The van der Waals surface area contributed by atoms with E-state index < -0.39 is 11.9 Å². The molecule has 0 atom stereocenters. The molecule has 3 aliphatic rings. The Morgan fingerprint density at radius 3 is 1.52 bits per heavy atom. The number of esters is 2. The number of benzene rings is 3. The molecule has 0 unspecified atom stereocenters. The third-order valence-electron chi connectivity index (χ3n) is 6.75. The molecular weight excluding hydrogens is 392 g/mol. The molecule has 154 valence electrons. The summed E-state index contributed by atoms with van der Waals surface area (Å²) in [4.78, 5) is 25.4. The zero-order chi connectivity index (χ0) is 21.3. The van der Waals surface area contributed by atoms with Crippen molar-refractivity contribution in [2.75, 3.05) is 14.2 Å². The molecule has 0 radical (unpaired) electrons. The van der Waals surface area contributed by atoms with E-state index in [1.807, 2.05) is 12.1 Å². The van der Waals surface area contributed by atoms with Gasteiger partial charge in [0, 0.05) is 0 Å². The van der Waals surface area contributed by atoms with Crippen LogP contribution in [0.3, 0.4) is 0 Å². The fraction of sp³-hybridized carbons (Fsp3) is 0.231. The number of fused-ring (bicyclic) bond motifs is 10. The van der Waals surface area contributed by atoms with E-state index in [0.29, 0.717) is 24.0 Å². The Bertz CT molecular complexity index is 1220. The van der Waals surface area contributed by atoms with Crippen molar-refractivity contribution in [3.05, 3.63) is 69.8 Å². The van der Waals surface area contributed by atoms with E-state index in [9.17, 15) is 9.59 Å². The van der Waals surface area contributed by atoms with Crippen molar-refractivity contribution in [2.45, 2.75) is 25.7 Å². The highest BCUT2D eigenvalue weighted by Gasteiger charge is 2.41. The number of hydrogen-bond donors (Lipinski definition) is 0. The smallest absolute Gasteiger partial charge is 0.347 e. The zero-order valence-corrected chi connectivity index (χ0v) is 17.3. The largest absolute Gasteiger partial charge is 0.497 e. The van der Waals surface area contributed by atoms with Gasteiger partial charge in [-0.3, -0.25) is 0 Å². The molecule has 1 aliphatic heterocycles. The molecular formula is C26H20O5. The third-order valence-corrected chi connectivity index (χ3v) is 6.75. The molecule has 3 aromatic carbocycles. The maximum absolute atomic E-state index is 12.7. The topological polar surface area (TPSA) is 61.8 Å². The number of cyclic esters (lactones) is 2. The molecule has 3 aromatic rings. The van der Waals surface area contributed by atoms with Crippen LogP contribution in [0.1, 0.15) is 43.0 Å². The maximum Gasteiger partial charge on any atom is 0.347 e. The summed E-state index contributed by atoms with van der Waals surface area (Å²) in [5, 5.41) is 0. The van der Waals surface area contributed by atoms with Crippen LogP contribution in [0.15, 0.2) is 36.4 Å². The Hall–Kier alpha value is -3.60. The number of carbonyl (C=O) groups is 2. The van der Waals surface area contributed by atoms with Gasteiger partial charge >= 0.3 is 11.9 Å². The van der Waals surface area contributed by atoms with Crippen LogP contribution in [0.4, 0.5) is 0 Å². The van der Waals surface area contributed by atoms with Crippen molar-refractivity contribution in [3.8, 4) is 33.8 Å². The van der Waals surface area contributed by atoms with Gasteiger partial charge in [-0.1, -0.05) is 12.1 Å². The Balaban J connectivity index is 1.73. The van der Waals surface area contributed by atoms with Crippen LogP contribution in [0, 0.1) is 0 Å². The van der Waals surface area contributed by atoms with Gasteiger partial charge < -0.3 is 14.2 Å². The average Bonchev–Trinajstić information content (AvgIpc) is 3.11. The molecule has 5 heteroatoms. The Kier molecular flexibility index (Phi) is 3.78. The summed E-state index contributed by atoms with van der Waals surface area (Å²) >= 11 is 0. The van der Waals surface area contributed by atoms with Crippen molar-refractivity contribution in [1.29, 1.82) is 0 Å². The average molecular weight is 412 g/mol. The highest BCUT2D eigenvalue weighted by Crippen LogP contribution is 2.50. The predicted octanol–water partition coefficient (Wildman–Crippen LogP) is 4.55. The fourth-order valence-corrected chi connectivity index (χ4v) is 5.40. The van der Waals surface area contributed by atoms with Gasteiger partial charge in [-0.2, -0.15) is 0 Å². The summed E-state index contributed by atoms with van der Waals surface area (Å²) in [6.45, 7) is 0. The van der Waals surface area contributed by atoms with Gasteiger partial charge in [-0.05, 0) is 94.5 Å². The minimum absolute atomic E-state index is 0.470. The van der Waals surface area contributed by atoms with E-state index in [1.165, 1.54) is 11.1 Å². The standard InChI is InChI=1S/C26H20O5/c1-29-15-5-9-17-13(11-15)3-7-19-21(17)22-18-10-6-16(30-2)12-14(18)4-8-20(22)24-23(19)25(27)31-26(24)28/h5-6,9-12H,3-4,7-8H2,1-2H3. The molecule has 1 heterocycles. The lowest BCUT2D eigenvalue weighted by Crippen LogP contribution is -2.17. The minimum Gasteiger partial charge on any atom is -0.497 e. The quantitative estimate of drug-likeness (QED) is 0.457. The van der Waals surface area contributed by atoms with Crippen LogP contribution < -0.4 is 9.47 Å². The first-order chi connectivity index (χ1) is 15.1. The highest BCUT2D eigenvalue weighted by atomic mass is 16.6. The van der Waals surface area contributed by atoms with E-state index in [-0.39, 0.29) is 0 Å². The van der Waals surface area contributed by atoms with Gasteiger partial charge in [-0.15, -0.1) is 0 Å². The van der Waals surface area contributed by atoms with Crippen LogP contribution in [0.25, 0.3) is 22.3 Å². The summed E-state index contributed by atoms with van der Waals surface area (Å²) < 4.78 is 16.0. The molecule has 0 fully saturated rings. The lowest BCUT2D eigenvalue weighted by atomic mass is 9.72. The lowest BCUT2D eigenvalue weighted by Gasteiger charge is -2.30. The SMILES string of the molecule is COc1ccc2c(c1)CCc1c3c(c4c(c1-2)-c1ccc(OC)cc1CC4)C(=O)OC3=O. The first-order valence-corrected chi connectivity index (χ1v) is 10.4. The monoisotopic (exact) mass is 412 g/mol. The van der Waals surface area contributed by atoms with E-state index in [0.717, 1.165) is 57.7 Å². The second kappa shape index (κ2) is 6.45. The van der Waals surface area contributed by atoms with E-state index in [1.54, 1.807) is 14.2 Å². The van der Waals surface area contributed by atoms with Crippen LogP contribution in [0.2, 0.25) is 0 Å². The molecule has 0 amide bonds. The molecule has 0 N–H and O–H groups in total. The van der Waals surface area contributed by atoms with E-state index in [4.69, 9.17) is 14.2 Å². The number of carbonyl (C=O) groups excluding carboxylic acids is 2. The number of ether oxygens (including phenoxy) is 3. The minimum atomic E-state index is -0.517. The Labute approximate surface area is 179 Å². The number of aryl methyl sites for hydroxylation is 2. The molecule has 0 saturated carbocycles. The molecule has 6 rings (SSSR count). The molecule has 0 bridgehead atoms. The molecule has 0 aromatic heterocycles. The first kappa shape index (κ1) is 18.2. The second-order valence-corrected chi connectivity index (χ2v) is 8.18. The summed E-state index contributed by atoms with van der Waals surface area (Å²) in [6.07, 6.45) is 2.92. The normalized spacial score (nSPS) is 15.3. The number of rotatable bonds is 2. The van der Waals surface area contributed by atoms with Crippen molar-refractivity contribution >= 4 is 11.9 Å². The predicted molar refractivity (Wildman–Crippen MR) is 115 cm³/mol.